The summed E-state index contributed by atoms with van der Waals surface area (Å²) in [5.41, 5.74) is 10.1. The van der Waals surface area contributed by atoms with Gasteiger partial charge in [-0.2, -0.15) is 23.2 Å². The molecule has 0 bridgehead atoms. The summed E-state index contributed by atoms with van der Waals surface area (Å²) in [6, 6.07) is 0. The maximum absolute atomic E-state index is 13.7. The zero-order valence-corrected chi connectivity index (χ0v) is 41.0. The second-order valence-corrected chi connectivity index (χ2v) is 22.3. The SMILES string of the molecule is COC1C(OP(=O)(O)OCC2OC(n3cnc4c(=O)[nH]c(N)nc43)C(O)C2O)C(COP(=O)(O)OP(=O)(O)OP(=O)(O)OCC2OC(n3c[n+](C)c4c(=O)[nH]cnc43)C(O)C2O)OC1n1cnc2c(N)ncnc21. The van der Waals surface area contributed by atoms with E-state index in [-0.39, 0.29) is 45.3 Å². The van der Waals surface area contributed by atoms with E-state index < -0.39 is 136 Å². The molecule has 38 nitrogen and oxygen atoms in total. The molecule has 0 amide bonds. The lowest BCUT2D eigenvalue weighted by atomic mass is 10.1. The molecule has 6 aromatic heterocycles. The number of nitrogens with two attached hydrogens (primary N) is 2. The number of methoxy groups -OCH3 is 1. The molecule has 3 aliphatic rings. The molecule has 74 heavy (non-hydrogen) atoms. The molecule has 16 atom stereocenters. The maximum atomic E-state index is 13.7. The number of nitrogens with one attached hydrogen (secondary N) is 2. The van der Waals surface area contributed by atoms with Crippen molar-refractivity contribution < 1.29 is 108 Å². The minimum absolute atomic E-state index is 0.00651. The first-order chi connectivity index (χ1) is 34.8. The van der Waals surface area contributed by atoms with Gasteiger partial charge in [-0.25, -0.2) is 42.8 Å². The van der Waals surface area contributed by atoms with Crippen LogP contribution in [-0.2, 0) is 71.0 Å². The average Bonchev–Trinajstić information content (AvgIpc) is 4.17. The highest BCUT2D eigenvalue weighted by atomic mass is 31.3. The number of rotatable bonds is 19. The number of hydrogen-bond donors (Lipinski definition) is 12. The number of ether oxygens (including phenoxy) is 4. The Labute approximate surface area is 409 Å². The number of imidazole rings is 3. The van der Waals surface area contributed by atoms with E-state index in [1.165, 1.54) is 27.1 Å². The standard InChI is InChI=1S/C32H42N14O24P4/c1-43-10-46(26-16(43)28(52)38-7-37-26)30-20(50)18(48)12(66-30)4-63-72(55,56)69-74(59,60)70-73(57,58)64-5-13-21(22(61-2)31(67-13)44-8-39-14-23(33)35-6-36-24(14)44)68-71(53,54)62-3-11-17(47)19(49)29(65-11)45-9-40-15-25(45)41-32(34)42-27(15)51/h6-13,17-22,29-31,47-50H,3-5H2,1-2H3,(H9-,33,34,35,36,37,38,41,42,51,52,53,54,55,56,57,58,59,60)/p+1. The van der Waals surface area contributed by atoms with Gasteiger partial charge in [0.2, 0.25) is 18.5 Å². The van der Waals surface area contributed by atoms with Crippen molar-refractivity contribution in [3.8, 4) is 0 Å². The van der Waals surface area contributed by atoms with Crippen LogP contribution in [0, 0.1) is 0 Å². The Morgan fingerprint density at radius 3 is 1.84 bits per heavy atom. The van der Waals surface area contributed by atoms with Crippen molar-refractivity contribution in [1.29, 1.82) is 0 Å². The average molecular weight is 1130 g/mol. The van der Waals surface area contributed by atoms with Crippen LogP contribution in [0.1, 0.15) is 18.7 Å². The van der Waals surface area contributed by atoms with Crippen LogP contribution < -0.4 is 27.2 Å². The van der Waals surface area contributed by atoms with E-state index in [1.54, 1.807) is 0 Å². The van der Waals surface area contributed by atoms with Crippen LogP contribution in [0.15, 0.2) is 41.2 Å². The molecular weight excluding hydrogens is 1090 g/mol. The lowest BCUT2D eigenvalue weighted by Gasteiger charge is -2.26. The molecule has 0 aliphatic carbocycles. The van der Waals surface area contributed by atoms with Crippen LogP contribution in [0.5, 0.6) is 0 Å². The second kappa shape index (κ2) is 20.2. The summed E-state index contributed by atoms with van der Waals surface area (Å²) in [7, 11) is -20.8. The van der Waals surface area contributed by atoms with Crippen LogP contribution in [0.2, 0.25) is 0 Å². The highest BCUT2D eigenvalue weighted by molar-refractivity contribution is 7.66. The van der Waals surface area contributed by atoms with Crippen LogP contribution >= 0.6 is 31.3 Å². The third kappa shape index (κ3) is 10.6. The Hall–Kier alpha value is -4.95. The smallest absolute Gasteiger partial charge is 0.387 e. The molecule has 16 unspecified atom stereocenters. The first kappa shape index (κ1) is 53.9. The first-order valence-corrected chi connectivity index (χ1v) is 26.9. The van der Waals surface area contributed by atoms with Crippen molar-refractivity contribution in [3.05, 3.63) is 52.3 Å². The molecule has 9 heterocycles. The van der Waals surface area contributed by atoms with Gasteiger partial charge >= 0.3 is 36.9 Å². The van der Waals surface area contributed by atoms with Crippen molar-refractivity contribution in [1.82, 2.24) is 53.6 Å². The fourth-order valence-corrected chi connectivity index (χ4v) is 12.7. The highest BCUT2D eigenvalue weighted by Gasteiger charge is 2.54. The van der Waals surface area contributed by atoms with E-state index in [2.05, 4.69) is 53.0 Å². The minimum atomic E-state index is -6.19. The zero-order valence-electron chi connectivity index (χ0n) is 37.5. The van der Waals surface area contributed by atoms with Gasteiger partial charge in [0.1, 0.15) is 66.8 Å². The van der Waals surface area contributed by atoms with Crippen LogP contribution in [0.25, 0.3) is 33.5 Å². The fourth-order valence-electron chi connectivity index (χ4n) is 8.21. The minimum Gasteiger partial charge on any atom is -0.387 e. The van der Waals surface area contributed by atoms with Crippen LogP contribution in [0.4, 0.5) is 11.8 Å². The number of aromatic nitrogens is 12. The molecule has 14 N–H and O–H groups in total. The normalized spacial score (nSPS) is 30.7. The van der Waals surface area contributed by atoms with Gasteiger partial charge in [0.25, 0.3) is 16.7 Å². The number of hydrogen-bond acceptors (Lipinski definition) is 28. The Kier molecular flexibility index (Phi) is 14.7. The predicted octanol–water partition coefficient (Wildman–Crippen LogP) is -4.29. The van der Waals surface area contributed by atoms with Gasteiger partial charge in [0, 0.05) is 7.11 Å². The topological polar surface area (TPSA) is 536 Å². The van der Waals surface area contributed by atoms with Crippen molar-refractivity contribution in [3.63, 3.8) is 0 Å². The number of nitrogens with zero attached hydrogens (tertiary/aromatic N) is 10. The largest absolute Gasteiger partial charge is 0.490 e. The monoisotopic (exact) mass is 1130 g/mol. The van der Waals surface area contributed by atoms with Gasteiger partial charge in [0.15, 0.2) is 35.1 Å². The lowest BCUT2D eigenvalue weighted by Crippen LogP contribution is -2.38. The molecule has 3 saturated heterocycles. The highest BCUT2D eigenvalue weighted by Crippen LogP contribution is 2.68. The third-order valence-electron chi connectivity index (χ3n) is 11.5. The van der Waals surface area contributed by atoms with Gasteiger partial charge in [-0.3, -0.25) is 41.8 Å². The Balaban J connectivity index is 0.861. The quantitative estimate of drug-likeness (QED) is 0.0270. The first-order valence-electron chi connectivity index (χ1n) is 20.9. The Bertz CT molecular complexity index is 3410. The summed E-state index contributed by atoms with van der Waals surface area (Å²) in [6.07, 6.45) is -14.5. The number of H-pyrrole nitrogens is 2. The van der Waals surface area contributed by atoms with E-state index in [4.69, 9.17) is 44.0 Å². The van der Waals surface area contributed by atoms with E-state index in [0.29, 0.717) is 0 Å². The number of phosphoric ester groups is 3. The van der Waals surface area contributed by atoms with Crippen molar-refractivity contribution >= 4 is 76.5 Å². The number of aryl methyl sites for hydroxylation is 1. The van der Waals surface area contributed by atoms with E-state index in [0.717, 1.165) is 37.0 Å². The van der Waals surface area contributed by atoms with Gasteiger partial charge in [-0.05, 0) is 0 Å². The number of aliphatic hydroxyl groups excluding tert-OH is 4. The summed E-state index contributed by atoms with van der Waals surface area (Å²) in [5.74, 6) is -0.399. The predicted molar refractivity (Wildman–Crippen MR) is 235 cm³/mol. The summed E-state index contributed by atoms with van der Waals surface area (Å²) in [4.78, 5) is 95.5. The summed E-state index contributed by atoms with van der Waals surface area (Å²) < 4.78 is 109. The van der Waals surface area contributed by atoms with Crippen molar-refractivity contribution in [2.75, 3.05) is 38.4 Å². The molecule has 42 heteroatoms. The number of aliphatic hydroxyl groups is 4. The zero-order chi connectivity index (χ0) is 53.4. The van der Waals surface area contributed by atoms with E-state index in [9.17, 15) is 67.8 Å². The summed E-state index contributed by atoms with van der Waals surface area (Å²) >= 11 is 0. The van der Waals surface area contributed by atoms with Gasteiger partial charge in [0.05, 0.1) is 45.9 Å². The fraction of sp³-hybridized carbons (Fsp3) is 0.531. The number of phosphoric acid groups is 4. The molecule has 3 fully saturated rings. The number of anilines is 2. The Morgan fingerprint density at radius 1 is 0.662 bits per heavy atom. The third-order valence-corrected chi connectivity index (χ3v) is 16.7. The molecule has 0 aromatic carbocycles. The van der Waals surface area contributed by atoms with Crippen LogP contribution in [0.3, 0.4) is 0 Å². The number of fused-ring (bicyclic) bond motifs is 3. The van der Waals surface area contributed by atoms with E-state index >= 15 is 0 Å². The molecule has 3 aliphatic heterocycles. The molecular formula is C32H43N14O24P4+. The molecule has 0 spiro atoms. The van der Waals surface area contributed by atoms with Crippen molar-refractivity contribution in [2.45, 2.75) is 73.6 Å². The maximum Gasteiger partial charge on any atom is 0.490 e. The molecule has 0 saturated carbocycles. The molecule has 9 rings (SSSR count). The molecule has 0 radical (unpaired) electrons. The van der Waals surface area contributed by atoms with Crippen LogP contribution in [-0.4, -0.2) is 175 Å². The number of nitrogen functional groups attached to an aromatic ring is 2. The number of aromatic amines is 2. The molecule has 6 aromatic rings. The summed E-state index contributed by atoms with van der Waals surface area (Å²) in [6.45, 7) is -3.37. The second-order valence-electron chi connectivity index (χ2n) is 16.2. The Morgan fingerprint density at radius 2 is 1.22 bits per heavy atom. The summed E-state index contributed by atoms with van der Waals surface area (Å²) in [5, 5.41) is 43.1. The molecule has 404 valence electrons. The van der Waals surface area contributed by atoms with Crippen molar-refractivity contribution in [2.24, 2.45) is 7.05 Å². The van der Waals surface area contributed by atoms with Gasteiger partial charge in [-0.15, -0.1) is 0 Å². The van der Waals surface area contributed by atoms with E-state index in [1.807, 2.05) is 0 Å². The lowest BCUT2D eigenvalue weighted by molar-refractivity contribution is -0.646. The van der Waals surface area contributed by atoms with Gasteiger partial charge in [-0.1, -0.05) is 0 Å². The van der Waals surface area contributed by atoms with Gasteiger partial charge < -0.3 is 75.4 Å².